The van der Waals surface area contributed by atoms with Gasteiger partial charge in [0.05, 0.1) is 6.61 Å². The first-order valence-corrected chi connectivity index (χ1v) is 12.8. The van der Waals surface area contributed by atoms with Gasteiger partial charge in [-0.1, -0.05) is 104 Å². The lowest BCUT2D eigenvalue weighted by Crippen LogP contribution is -2.13. The Morgan fingerprint density at radius 2 is 1.48 bits per heavy atom. The molecule has 171 valence electrons. The smallest absolute Gasteiger partial charge is 0.305 e. The largest absolute Gasteiger partial charge is 0.465 e. The molecule has 0 heterocycles. The summed E-state index contributed by atoms with van der Waals surface area (Å²) in [5.41, 5.74) is 0. The number of allylic oxidation sites excluding steroid dienone is 2. The van der Waals surface area contributed by atoms with E-state index in [0.29, 0.717) is 24.9 Å². The maximum absolute atomic E-state index is 11.9. The van der Waals surface area contributed by atoms with Crippen molar-refractivity contribution in [2.45, 2.75) is 130 Å². The number of unbranched alkanes of at least 4 members (excludes halogenated alkanes) is 10. The van der Waals surface area contributed by atoms with Crippen molar-refractivity contribution in [1.29, 1.82) is 0 Å². The summed E-state index contributed by atoms with van der Waals surface area (Å²) in [4.78, 5) is 11.9. The van der Waals surface area contributed by atoms with E-state index < -0.39 is 0 Å². The van der Waals surface area contributed by atoms with E-state index in [4.69, 9.17) is 4.74 Å². The predicted molar refractivity (Wildman–Crippen MR) is 128 cm³/mol. The minimum absolute atomic E-state index is 0.00515. The van der Waals surface area contributed by atoms with Crippen molar-refractivity contribution < 1.29 is 9.53 Å². The molecule has 0 aromatic carbocycles. The minimum Gasteiger partial charge on any atom is -0.465 e. The Morgan fingerprint density at radius 1 is 0.828 bits per heavy atom. The fourth-order valence-corrected chi connectivity index (χ4v) is 3.64. The van der Waals surface area contributed by atoms with Crippen molar-refractivity contribution >= 4 is 5.97 Å². The molecule has 0 spiro atoms. The number of esters is 1. The molecule has 0 aliphatic heterocycles. The molecule has 0 aromatic heterocycles. The van der Waals surface area contributed by atoms with Gasteiger partial charge in [0, 0.05) is 6.42 Å². The third kappa shape index (κ3) is 20.3. The van der Waals surface area contributed by atoms with Crippen molar-refractivity contribution in [1.82, 2.24) is 0 Å². The van der Waals surface area contributed by atoms with E-state index in [1.807, 2.05) is 0 Å². The monoisotopic (exact) mass is 407 g/mol. The van der Waals surface area contributed by atoms with Crippen LogP contribution in [0.4, 0.5) is 0 Å². The quantitative estimate of drug-likeness (QED) is 0.108. The number of hydrogen-bond donors (Lipinski definition) is 0. The molecule has 0 aromatic rings. The van der Waals surface area contributed by atoms with Crippen molar-refractivity contribution in [3.63, 3.8) is 0 Å². The summed E-state index contributed by atoms with van der Waals surface area (Å²) < 4.78 is 5.47. The van der Waals surface area contributed by atoms with Crippen molar-refractivity contribution in [3.8, 4) is 0 Å². The van der Waals surface area contributed by atoms with Crippen LogP contribution in [0.15, 0.2) is 12.2 Å². The lowest BCUT2D eigenvalue weighted by molar-refractivity contribution is -0.145. The first-order valence-electron chi connectivity index (χ1n) is 12.8. The molecule has 0 aliphatic carbocycles. The van der Waals surface area contributed by atoms with E-state index in [-0.39, 0.29) is 5.97 Å². The van der Waals surface area contributed by atoms with Gasteiger partial charge in [-0.2, -0.15) is 0 Å². The second-order valence-electron chi connectivity index (χ2n) is 8.80. The van der Waals surface area contributed by atoms with Gasteiger partial charge in [0.15, 0.2) is 0 Å². The molecular formula is C27H51O2. The maximum atomic E-state index is 11.9. The highest BCUT2D eigenvalue weighted by atomic mass is 16.5. The first-order chi connectivity index (χ1) is 14.1. The summed E-state index contributed by atoms with van der Waals surface area (Å²) in [6.45, 7) is 11.5. The van der Waals surface area contributed by atoms with Gasteiger partial charge in [-0.3, -0.25) is 4.79 Å². The molecule has 0 fully saturated rings. The summed E-state index contributed by atoms with van der Waals surface area (Å²) in [5, 5.41) is 0. The van der Waals surface area contributed by atoms with E-state index in [1.165, 1.54) is 77.0 Å². The Hall–Kier alpha value is -0.790. The van der Waals surface area contributed by atoms with Gasteiger partial charge in [0.2, 0.25) is 0 Å². The molecule has 0 rings (SSSR count). The lowest BCUT2D eigenvalue weighted by atomic mass is 10.0. The van der Waals surface area contributed by atoms with E-state index in [2.05, 4.69) is 39.8 Å². The fourth-order valence-electron chi connectivity index (χ4n) is 3.64. The molecule has 2 nitrogen and oxygen atoms in total. The van der Waals surface area contributed by atoms with E-state index in [1.54, 1.807) is 0 Å². The Labute approximate surface area is 183 Å². The second kappa shape index (κ2) is 21.9. The molecular weight excluding hydrogens is 356 g/mol. The number of rotatable bonds is 21. The van der Waals surface area contributed by atoms with E-state index in [9.17, 15) is 4.79 Å². The summed E-state index contributed by atoms with van der Waals surface area (Å²) in [6, 6.07) is 0. The van der Waals surface area contributed by atoms with Crippen molar-refractivity contribution in [2.75, 3.05) is 6.61 Å². The maximum Gasteiger partial charge on any atom is 0.305 e. The van der Waals surface area contributed by atoms with Crippen LogP contribution in [0, 0.1) is 18.8 Å². The molecule has 2 unspecified atom stereocenters. The molecule has 2 heteroatoms. The van der Waals surface area contributed by atoms with Crippen LogP contribution in [-0.4, -0.2) is 12.6 Å². The van der Waals surface area contributed by atoms with Crippen LogP contribution in [0.25, 0.3) is 0 Å². The van der Waals surface area contributed by atoms with Crippen LogP contribution in [0.5, 0.6) is 0 Å². The Kier molecular flexibility index (Phi) is 21.3. The molecule has 0 bridgehead atoms. The highest BCUT2D eigenvalue weighted by Crippen LogP contribution is 2.15. The first kappa shape index (κ1) is 28.2. The van der Waals surface area contributed by atoms with E-state index >= 15 is 0 Å². The molecule has 0 saturated heterocycles. The van der Waals surface area contributed by atoms with Crippen LogP contribution in [0.1, 0.15) is 130 Å². The minimum atomic E-state index is -0.00515. The lowest BCUT2D eigenvalue weighted by Gasteiger charge is -2.14. The van der Waals surface area contributed by atoms with Gasteiger partial charge >= 0.3 is 5.97 Å². The number of carbonyl (C=O) groups excluding carboxylic acids is 1. The highest BCUT2D eigenvalue weighted by Gasteiger charge is 2.09. The van der Waals surface area contributed by atoms with Crippen LogP contribution in [-0.2, 0) is 9.53 Å². The van der Waals surface area contributed by atoms with Crippen molar-refractivity contribution in [2.24, 2.45) is 11.8 Å². The standard InChI is InChI=1S/C27H51O2/c1-5-8-10-11-14-17-20-25(4)21-18-15-12-13-16-19-23-27(28)29-24-26(7-3)22-9-6-2/h18,21,25-26H,4-17,19-20,22-24H2,1-3H3/b21-18+. The van der Waals surface area contributed by atoms with Crippen molar-refractivity contribution in [3.05, 3.63) is 19.1 Å². The molecule has 0 N–H and O–H groups in total. The zero-order chi connectivity index (χ0) is 21.6. The summed E-state index contributed by atoms with van der Waals surface area (Å²) in [5.74, 6) is 1.01. The number of ether oxygens (including phenoxy) is 1. The van der Waals surface area contributed by atoms with Gasteiger partial charge in [0.25, 0.3) is 0 Å². The zero-order valence-electron chi connectivity index (χ0n) is 20.1. The summed E-state index contributed by atoms with van der Waals surface area (Å²) in [7, 11) is 0. The SMILES string of the molecule is [CH2]C(/C=C/CCCCCCC(=O)OCC(CC)CCCC)CCCCCCCC. The summed E-state index contributed by atoms with van der Waals surface area (Å²) >= 11 is 0. The van der Waals surface area contributed by atoms with E-state index in [0.717, 1.165) is 25.7 Å². The van der Waals surface area contributed by atoms with Crippen LogP contribution >= 0.6 is 0 Å². The molecule has 0 amide bonds. The molecule has 0 saturated carbocycles. The predicted octanol–water partition coefficient (Wildman–Crippen LogP) is 8.84. The van der Waals surface area contributed by atoms with Crippen LogP contribution in [0.2, 0.25) is 0 Å². The average molecular weight is 408 g/mol. The number of hydrogen-bond acceptors (Lipinski definition) is 2. The topological polar surface area (TPSA) is 26.3 Å². The van der Waals surface area contributed by atoms with Crippen LogP contribution < -0.4 is 0 Å². The Bertz CT molecular complexity index is 375. The molecule has 2 atom stereocenters. The average Bonchev–Trinajstić information content (AvgIpc) is 2.72. The third-order valence-corrected chi connectivity index (χ3v) is 5.86. The number of carbonyl (C=O) groups is 1. The normalized spacial score (nSPS) is 13.7. The second-order valence-corrected chi connectivity index (χ2v) is 8.80. The van der Waals surface area contributed by atoms with Gasteiger partial charge < -0.3 is 4.74 Å². The van der Waals surface area contributed by atoms with Gasteiger partial charge in [0.1, 0.15) is 0 Å². The molecule has 1 radical (unpaired) electrons. The highest BCUT2D eigenvalue weighted by molar-refractivity contribution is 5.69. The zero-order valence-corrected chi connectivity index (χ0v) is 20.1. The van der Waals surface area contributed by atoms with Crippen LogP contribution in [0.3, 0.4) is 0 Å². The van der Waals surface area contributed by atoms with Gasteiger partial charge in [-0.05, 0) is 50.9 Å². The fraction of sp³-hybridized carbons (Fsp3) is 0.852. The third-order valence-electron chi connectivity index (χ3n) is 5.86. The summed E-state index contributed by atoms with van der Waals surface area (Å²) in [6.07, 6.45) is 25.0. The van der Waals surface area contributed by atoms with Gasteiger partial charge in [-0.15, -0.1) is 0 Å². The Morgan fingerprint density at radius 3 is 2.21 bits per heavy atom. The Balaban J connectivity index is 3.50. The molecule has 29 heavy (non-hydrogen) atoms. The van der Waals surface area contributed by atoms with Gasteiger partial charge in [-0.25, -0.2) is 0 Å². The molecule has 0 aliphatic rings.